The Labute approximate surface area is 245 Å². The van der Waals surface area contributed by atoms with Gasteiger partial charge in [0.15, 0.2) is 0 Å². The van der Waals surface area contributed by atoms with Crippen LogP contribution in [-0.4, -0.2) is 99.7 Å². The van der Waals surface area contributed by atoms with Crippen molar-refractivity contribution in [2.75, 3.05) is 19.7 Å². The van der Waals surface area contributed by atoms with Crippen LogP contribution in [0.5, 0.6) is 5.75 Å². The molecule has 1 aliphatic rings. The summed E-state index contributed by atoms with van der Waals surface area (Å²) in [5, 5.41) is 36.3. The van der Waals surface area contributed by atoms with Crippen molar-refractivity contribution in [2.24, 2.45) is 17.4 Å². The topological polar surface area (TPSA) is 237 Å². The minimum atomic E-state index is -1.23. The number of carboxylic acid groups (broad SMARTS) is 1. The van der Waals surface area contributed by atoms with Gasteiger partial charge in [0.2, 0.25) is 23.6 Å². The number of benzene rings is 1. The Morgan fingerprint density at radius 3 is 2.19 bits per heavy atom. The first-order valence-electron chi connectivity index (χ1n) is 14.2. The first-order chi connectivity index (χ1) is 19.9. The summed E-state index contributed by atoms with van der Waals surface area (Å²) in [6.45, 7) is 3.39. The van der Waals surface area contributed by atoms with E-state index in [1.54, 1.807) is 26.0 Å². The second kappa shape index (κ2) is 16.6. The van der Waals surface area contributed by atoms with Crippen LogP contribution in [0.2, 0.25) is 0 Å². The molecule has 0 spiro atoms. The predicted molar refractivity (Wildman–Crippen MR) is 153 cm³/mol. The highest BCUT2D eigenvalue weighted by molar-refractivity contribution is 5.95. The van der Waals surface area contributed by atoms with E-state index < -0.39 is 72.3 Å². The van der Waals surface area contributed by atoms with Crippen molar-refractivity contribution in [1.82, 2.24) is 20.9 Å². The number of aromatic hydroxyl groups is 1. The van der Waals surface area contributed by atoms with Gasteiger partial charge < -0.3 is 47.6 Å². The van der Waals surface area contributed by atoms with Crippen molar-refractivity contribution in [1.29, 1.82) is 0 Å². The molecule has 0 radical (unpaired) electrons. The molecule has 14 heteroatoms. The minimum Gasteiger partial charge on any atom is -0.508 e. The van der Waals surface area contributed by atoms with Gasteiger partial charge in [0.25, 0.3) is 0 Å². The largest absolute Gasteiger partial charge is 0.508 e. The molecular weight excluding hydrogens is 548 g/mol. The highest BCUT2D eigenvalue weighted by atomic mass is 16.4. The van der Waals surface area contributed by atoms with E-state index in [0.717, 1.165) is 0 Å². The number of aliphatic hydroxyl groups is 1. The first kappa shape index (κ1) is 34.5. The number of nitrogens with zero attached hydrogens (tertiary/aromatic N) is 1. The van der Waals surface area contributed by atoms with Gasteiger partial charge in [-0.15, -0.1) is 0 Å². The third kappa shape index (κ3) is 9.96. The minimum absolute atomic E-state index is 0.0171. The van der Waals surface area contributed by atoms with E-state index in [9.17, 15) is 39.3 Å². The average molecular weight is 593 g/mol. The van der Waals surface area contributed by atoms with Gasteiger partial charge in [-0.1, -0.05) is 26.0 Å². The molecule has 2 rings (SSSR count). The molecule has 10 N–H and O–H groups in total. The van der Waals surface area contributed by atoms with E-state index >= 15 is 0 Å². The number of nitrogens with two attached hydrogens (primary N) is 2. The molecule has 234 valence electrons. The highest BCUT2D eigenvalue weighted by Crippen LogP contribution is 2.20. The molecule has 0 aliphatic carbocycles. The lowest BCUT2D eigenvalue weighted by Crippen LogP contribution is -2.60. The number of hydrogen-bond acceptors (Lipinski definition) is 9. The number of carboxylic acids is 1. The molecule has 0 unspecified atom stereocenters. The number of carbonyl (C=O) groups is 5. The number of likely N-dealkylation sites (tertiary alicyclic amines) is 1. The maximum absolute atomic E-state index is 13.6. The number of phenols is 1. The van der Waals surface area contributed by atoms with Gasteiger partial charge >= 0.3 is 5.97 Å². The number of amides is 4. The van der Waals surface area contributed by atoms with Crippen LogP contribution in [0.1, 0.15) is 51.5 Å². The van der Waals surface area contributed by atoms with Crippen molar-refractivity contribution in [3.8, 4) is 5.75 Å². The monoisotopic (exact) mass is 592 g/mol. The standard InChI is InChI=1S/C28H44N6O8/c1-16(2)23(33-25(38)20(6-3-4-12-29)31-24(37)19(30)15-35)26(39)32-21(14-17-8-10-18(36)11-9-17)27(40)34-13-5-7-22(34)28(41)42/h8-11,16,19-23,35-36H,3-7,12-15,29-30H2,1-2H3,(H,31,37)(H,32,39)(H,33,38)(H,41,42)/t19-,20-,21-,22-,23-/m0/s1. The smallest absolute Gasteiger partial charge is 0.326 e. The molecule has 14 nitrogen and oxygen atoms in total. The van der Waals surface area contributed by atoms with Crippen LogP contribution in [0.15, 0.2) is 24.3 Å². The number of aliphatic carboxylic acids is 1. The number of carbonyl (C=O) groups excluding carboxylic acids is 4. The van der Waals surface area contributed by atoms with E-state index in [-0.39, 0.29) is 25.1 Å². The Hall–Kier alpha value is -3.75. The van der Waals surface area contributed by atoms with Crippen molar-refractivity contribution in [3.63, 3.8) is 0 Å². The van der Waals surface area contributed by atoms with E-state index in [1.165, 1.54) is 17.0 Å². The maximum Gasteiger partial charge on any atom is 0.326 e. The lowest BCUT2D eigenvalue weighted by molar-refractivity contribution is -0.149. The van der Waals surface area contributed by atoms with Crippen LogP contribution in [0.3, 0.4) is 0 Å². The van der Waals surface area contributed by atoms with Crippen molar-refractivity contribution < 1.29 is 39.3 Å². The third-order valence-electron chi connectivity index (χ3n) is 7.17. The van der Waals surface area contributed by atoms with Crippen LogP contribution < -0.4 is 27.4 Å². The zero-order valence-corrected chi connectivity index (χ0v) is 24.1. The van der Waals surface area contributed by atoms with Gasteiger partial charge in [0, 0.05) is 13.0 Å². The predicted octanol–water partition coefficient (Wildman–Crippen LogP) is -1.43. The Kier molecular flexibility index (Phi) is 13.6. The summed E-state index contributed by atoms with van der Waals surface area (Å²) < 4.78 is 0. The Morgan fingerprint density at radius 2 is 1.62 bits per heavy atom. The van der Waals surface area contributed by atoms with Crippen molar-refractivity contribution in [2.45, 2.75) is 82.6 Å². The molecule has 0 bridgehead atoms. The number of unbranched alkanes of at least 4 members (excludes halogenated alkanes) is 1. The van der Waals surface area contributed by atoms with Crippen molar-refractivity contribution in [3.05, 3.63) is 29.8 Å². The van der Waals surface area contributed by atoms with Crippen LogP contribution >= 0.6 is 0 Å². The number of hydrogen-bond donors (Lipinski definition) is 8. The summed E-state index contributed by atoms with van der Waals surface area (Å²) in [6, 6.07) is 0.505. The van der Waals surface area contributed by atoms with E-state index in [2.05, 4.69) is 16.0 Å². The Morgan fingerprint density at radius 1 is 0.976 bits per heavy atom. The molecular formula is C28H44N6O8. The summed E-state index contributed by atoms with van der Waals surface area (Å²) in [5.74, 6) is -4.16. The number of rotatable bonds is 16. The Balaban J connectivity index is 2.27. The lowest BCUT2D eigenvalue weighted by atomic mass is 9.99. The summed E-state index contributed by atoms with van der Waals surface area (Å²) in [6.07, 6.45) is 2.13. The molecule has 1 aromatic carbocycles. The SMILES string of the molecule is CC(C)[C@H](NC(=O)[C@H](CCCCN)NC(=O)[C@@H](N)CO)C(=O)N[C@@H](Cc1ccc(O)cc1)C(=O)N1CCC[C@H]1C(=O)O. The van der Waals surface area contributed by atoms with E-state index in [1.807, 2.05) is 0 Å². The molecule has 1 saturated heterocycles. The summed E-state index contributed by atoms with van der Waals surface area (Å²) >= 11 is 0. The molecule has 4 amide bonds. The molecule has 42 heavy (non-hydrogen) atoms. The fourth-order valence-electron chi connectivity index (χ4n) is 4.73. The van der Waals surface area contributed by atoms with Gasteiger partial charge in [-0.3, -0.25) is 19.2 Å². The average Bonchev–Trinajstić information content (AvgIpc) is 3.45. The van der Waals surface area contributed by atoms with Gasteiger partial charge in [-0.05, 0) is 62.3 Å². The second-order valence-electron chi connectivity index (χ2n) is 10.8. The molecule has 0 aromatic heterocycles. The van der Waals surface area contributed by atoms with Crippen LogP contribution in [0, 0.1) is 5.92 Å². The second-order valence-corrected chi connectivity index (χ2v) is 10.8. The van der Waals surface area contributed by atoms with Gasteiger partial charge in [0.05, 0.1) is 6.61 Å². The third-order valence-corrected chi connectivity index (χ3v) is 7.17. The molecule has 5 atom stereocenters. The highest BCUT2D eigenvalue weighted by Gasteiger charge is 2.39. The summed E-state index contributed by atoms with van der Waals surface area (Å²) in [7, 11) is 0. The van der Waals surface area contributed by atoms with E-state index in [0.29, 0.717) is 37.8 Å². The normalized spacial score (nSPS) is 17.7. The van der Waals surface area contributed by atoms with Crippen LogP contribution in [0.25, 0.3) is 0 Å². The van der Waals surface area contributed by atoms with Gasteiger partial charge in [-0.2, -0.15) is 0 Å². The molecule has 1 heterocycles. The summed E-state index contributed by atoms with van der Waals surface area (Å²) in [5.41, 5.74) is 11.8. The molecule has 0 saturated carbocycles. The number of aliphatic hydroxyl groups excluding tert-OH is 1. The number of phenolic OH excluding ortho intramolecular Hbond substituents is 1. The zero-order chi connectivity index (χ0) is 31.4. The Bertz CT molecular complexity index is 1080. The fraction of sp³-hybridized carbons (Fsp3) is 0.607. The molecule has 1 aromatic rings. The molecule has 1 aliphatic heterocycles. The van der Waals surface area contributed by atoms with Crippen LogP contribution in [0.4, 0.5) is 0 Å². The first-order valence-corrected chi connectivity index (χ1v) is 14.2. The van der Waals surface area contributed by atoms with Crippen LogP contribution in [-0.2, 0) is 30.4 Å². The lowest BCUT2D eigenvalue weighted by Gasteiger charge is -2.30. The van der Waals surface area contributed by atoms with Gasteiger partial charge in [0.1, 0.15) is 36.0 Å². The zero-order valence-electron chi connectivity index (χ0n) is 24.1. The summed E-state index contributed by atoms with van der Waals surface area (Å²) in [4.78, 5) is 65.7. The number of nitrogens with one attached hydrogen (secondary N) is 3. The van der Waals surface area contributed by atoms with Gasteiger partial charge in [-0.25, -0.2) is 4.79 Å². The quantitative estimate of drug-likeness (QED) is 0.104. The van der Waals surface area contributed by atoms with E-state index in [4.69, 9.17) is 11.5 Å². The van der Waals surface area contributed by atoms with Crippen molar-refractivity contribution >= 4 is 29.6 Å². The fourth-order valence-corrected chi connectivity index (χ4v) is 4.73. The molecule has 1 fully saturated rings. The maximum atomic E-state index is 13.6.